The number of amides is 1. The number of carbonyl (C=O) groups is 1. The van der Waals surface area contributed by atoms with Crippen molar-refractivity contribution in [2.24, 2.45) is 0 Å². The lowest BCUT2D eigenvalue weighted by Crippen LogP contribution is -2.38. The van der Waals surface area contributed by atoms with Crippen LogP contribution in [0.3, 0.4) is 0 Å². The average molecular weight is 388 g/mol. The monoisotopic (exact) mass is 387 g/mol. The zero-order valence-electron chi connectivity index (χ0n) is 15.9. The topological polar surface area (TPSA) is 97.0 Å². The van der Waals surface area contributed by atoms with Crippen molar-refractivity contribution in [2.75, 3.05) is 52.7 Å². The van der Waals surface area contributed by atoms with E-state index in [1.54, 1.807) is 18.2 Å². The molecule has 0 aliphatic heterocycles. The van der Waals surface area contributed by atoms with Crippen LogP contribution < -0.4 is 19.5 Å². The average Bonchev–Trinajstić information content (AvgIpc) is 2.64. The number of rotatable bonds is 12. The van der Waals surface area contributed by atoms with E-state index >= 15 is 0 Å². The van der Waals surface area contributed by atoms with Crippen LogP contribution in [0.5, 0.6) is 11.5 Å². The van der Waals surface area contributed by atoms with Crippen LogP contribution in [0.25, 0.3) is 0 Å². The summed E-state index contributed by atoms with van der Waals surface area (Å²) in [4.78, 5) is 14.3. The molecule has 8 nitrogen and oxygen atoms in total. The minimum Gasteiger partial charge on any atom is -0.497 e. The molecule has 2 N–H and O–H groups in total. The van der Waals surface area contributed by atoms with Crippen molar-refractivity contribution in [3.05, 3.63) is 23.8 Å². The SMILES string of the molecule is CCN(CC)CCNS(=O)(=O)CCNC(=O)c1cc(OC)cc(OC)c1. The van der Waals surface area contributed by atoms with Gasteiger partial charge in [-0.2, -0.15) is 0 Å². The molecule has 0 unspecified atom stereocenters. The lowest BCUT2D eigenvalue weighted by Gasteiger charge is -2.18. The summed E-state index contributed by atoms with van der Waals surface area (Å²) in [6.07, 6.45) is 0. The summed E-state index contributed by atoms with van der Waals surface area (Å²) in [5.74, 6) is 0.402. The number of sulfonamides is 1. The number of nitrogens with zero attached hydrogens (tertiary/aromatic N) is 1. The molecule has 0 saturated carbocycles. The van der Waals surface area contributed by atoms with Crippen molar-refractivity contribution in [1.82, 2.24) is 14.9 Å². The van der Waals surface area contributed by atoms with Crippen molar-refractivity contribution in [2.45, 2.75) is 13.8 Å². The maximum atomic E-state index is 12.2. The molecule has 9 heteroatoms. The van der Waals surface area contributed by atoms with Gasteiger partial charge in [-0.3, -0.25) is 4.79 Å². The Kier molecular flexibility index (Phi) is 9.39. The van der Waals surface area contributed by atoms with Gasteiger partial charge in [-0.05, 0) is 25.2 Å². The highest BCUT2D eigenvalue weighted by Gasteiger charge is 2.13. The normalized spacial score (nSPS) is 11.4. The summed E-state index contributed by atoms with van der Waals surface area (Å²) in [7, 11) is -0.452. The van der Waals surface area contributed by atoms with Gasteiger partial charge in [0, 0.05) is 31.3 Å². The lowest BCUT2D eigenvalue weighted by molar-refractivity contribution is 0.0955. The Labute approximate surface area is 155 Å². The number of hydrogen-bond acceptors (Lipinski definition) is 6. The fourth-order valence-corrected chi connectivity index (χ4v) is 3.23. The van der Waals surface area contributed by atoms with E-state index in [2.05, 4.69) is 14.9 Å². The van der Waals surface area contributed by atoms with Crippen LogP contribution in [-0.2, 0) is 10.0 Å². The van der Waals surface area contributed by atoms with Gasteiger partial charge >= 0.3 is 0 Å². The Hall–Kier alpha value is -1.84. The molecular weight excluding hydrogens is 358 g/mol. The van der Waals surface area contributed by atoms with E-state index in [9.17, 15) is 13.2 Å². The Bertz CT molecular complexity index is 653. The standard InChI is InChI=1S/C17H29N3O5S/c1-5-20(6-2)9-7-19-26(22,23)10-8-18-17(21)14-11-15(24-3)13-16(12-14)25-4/h11-13,19H,5-10H2,1-4H3,(H,18,21). The second kappa shape index (κ2) is 11.0. The van der Waals surface area contributed by atoms with Gasteiger partial charge in [-0.15, -0.1) is 0 Å². The molecule has 1 rings (SSSR count). The number of hydrogen-bond donors (Lipinski definition) is 2. The molecule has 0 fully saturated rings. The Morgan fingerprint density at radius 3 is 2.12 bits per heavy atom. The maximum absolute atomic E-state index is 12.2. The highest BCUT2D eigenvalue weighted by Crippen LogP contribution is 2.22. The zero-order valence-corrected chi connectivity index (χ0v) is 16.7. The fourth-order valence-electron chi connectivity index (χ4n) is 2.31. The van der Waals surface area contributed by atoms with E-state index in [4.69, 9.17) is 9.47 Å². The van der Waals surface area contributed by atoms with Crippen LogP contribution >= 0.6 is 0 Å². The number of likely N-dealkylation sites (N-methyl/N-ethyl adjacent to an activating group) is 1. The van der Waals surface area contributed by atoms with E-state index in [1.165, 1.54) is 14.2 Å². The number of methoxy groups -OCH3 is 2. The fraction of sp³-hybridized carbons (Fsp3) is 0.588. The summed E-state index contributed by atoms with van der Waals surface area (Å²) < 4.78 is 36.8. The first kappa shape index (κ1) is 22.2. The molecule has 1 amide bonds. The third-order valence-electron chi connectivity index (χ3n) is 3.91. The Morgan fingerprint density at radius 2 is 1.62 bits per heavy atom. The van der Waals surface area contributed by atoms with Crippen molar-refractivity contribution in [3.8, 4) is 11.5 Å². The molecule has 0 radical (unpaired) electrons. The van der Waals surface area contributed by atoms with Crippen molar-refractivity contribution in [3.63, 3.8) is 0 Å². The van der Waals surface area contributed by atoms with Gasteiger partial charge in [0.2, 0.25) is 10.0 Å². The molecule has 0 aromatic heterocycles. The number of ether oxygens (including phenoxy) is 2. The summed E-state index contributed by atoms with van der Waals surface area (Å²) in [5, 5.41) is 2.60. The number of benzene rings is 1. The molecular formula is C17H29N3O5S. The Morgan fingerprint density at radius 1 is 1.04 bits per heavy atom. The van der Waals surface area contributed by atoms with Gasteiger partial charge < -0.3 is 19.7 Å². The van der Waals surface area contributed by atoms with Crippen LogP contribution in [0, 0.1) is 0 Å². The zero-order chi connectivity index (χ0) is 19.6. The van der Waals surface area contributed by atoms with Crippen LogP contribution in [0.1, 0.15) is 24.2 Å². The van der Waals surface area contributed by atoms with E-state index in [-0.39, 0.29) is 18.2 Å². The molecule has 0 bridgehead atoms. The first-order valence-corrected chi connectivity index (χ1v) is 10.2. The molecule has 0 saturated heterocycles. The van der Waals surface area contributed by atoms with Gasteiger partial charge in [0.05, 0.1) is 20.0 Å². The van der Waals surface area contributed by atoms with Gasteiger partial charge in [0.1, 0.15) is 11.5 Å². The molecule has 0 aliphatic carbocycles. The van der Waals surface area contributed by atoms with Crippen molar-refractivity contribution < 1.29 is 22.7 Å². The first-order chi connectivity index (χ1) is 12.3. The number of carbonyl (C=O) groups excluding carboxylic acids is 1. The smallest absolute Gasteiger partial charge is 0.251 e. The van der Waals surface area contributed by atoms with Gasteiger partial charge in [-0.1, -0.05) is 13.8 Å². The Balaban J connectivity index is 2.50. The quantitative estimate of drug-likeness (QED) is 0.548. The third kappa shape index (κ3) is 7.59. The third-order valence-corrected chi connectivity index (χ3v) is 5.30. The van der Waals surface area contributed by atoms with Crippen molar-refractivity contribution >= 4 is 15.9 Å². The van der Waals surface area contributed by atoms with Crippen LogP contribution in [0.15, 0.2) is 18.2 Å². The minimum atomic E-state index is -3.44. The molecule has 0 aliphatic rings. The maximum Gasteiger partial charge on any atom is 0.251 e. The van der Waals surface area contributed by atoms with Crippen LogP contribution in [0.2, 0.25) is 0 Å². The molecule has 0 atom stereocenters. The largest absolute Gasteiger partial charge is 0.497 e. The second-order valence-corrected chi connectivity index (χ2v) is 7.52. The molecule has 1 aromatic rings. The predicted molar refractivity (Wildman–Crippen MR) is 101 cm³/mol. The minimum absolute atomic E-state index is 0.0129. The molecule has 0 heterocycles. The summed E-state index contributed by atoms with van der Waals surface area (Å²) in [6, 6.07) is 4.78. The number of nitrogens with one attached hydrogen (secondary N) is 2. The van der Waals surface area contributed by atoms with Crippen LogP contribution in [-0.4, -0.2) is 71.9 Å². The van der Waals surface area contributed by atoms with Gasteiger partial charge in [0.15, 0.2) is 0 Å². The molecule has 0 spiro atoms. The van der Waals surface area contributed by atoms with Gasteiger partial charge in [0.25, 0.3) is 5.91 Å². The molecule has 1 aromatic carbocycles. The van der Waals surface area contributed by atoms with E-state index in [0.29, 0.717) is 30.2 Å². The molecule has 26 heavy (non-hydrogen) atoms. The summed E-state index contributed by atoms with van der Waals surface area (Å²) in [5.41, 5.74) is 0.341. The van der Waals surface area contributed by atoms with E-state index in [1.807, 2.05) is 13.8 Å². The van der Waals surface area contributed by atoms with E-state index < -0.39 is 10.0 Å². The second-order valence-electron chi connectivity index (χ2n) is 5.60. The molecule has 148 valence electrons. The predicted octanol–water partition coefficient (Wildman–Crippen LogP) is 0.695. The highest BCUT2D eigenvalue weighted by molar-refractivity contribution is 7.89. The van der Waals surface area contributed by atoms with E-state index in [0.717, 1.165) is 13.1 Å². The van der Waals surface area contributed by atoms with Crippen molar-refractivity contribution in [1.29, 1.82) is 0 Å². The first-order valence-electron chi connectivity index (χ1n) is 8.56. The lowest BCUT2D eigenvalue weighted by atomic mass is 10.2. The summed E-state index contributed by atoms with van der Waals surface area (Å²) in [6.45, 7) is 6.82. The highest BCUT2D eigenvalue weighted by atomic mass is 32.2. The van der Waals surface area contributed by atoms with Gasteiger partial charge in [-0.25, -0.2) is 13.1 Å². The summed E-state index contributed by atoms with van der Waals surface area (Å²) >= 11 is 0. The van der Waals surface area contributed by atoms with Crippen LogP contribution in [0.4, 0.5) is 0 Å².